The summed E-state index contributed by atoms with van der Waals surface area (Å²) in [6.07, 6.45) is 1.45. The van der Waals surface area contributed by atoms with Gasteiger partial charge >= 0.3 is 0 Å². The molecule has 6 heteroatoms. The van der Waals surface area contributed by atoms with Crippen LogP contribution in [0.25, 0.3) is 0 Å². The maximum absolute atomic E-state index is 12.4. The molecule has 0 saturated heterocycles. The summed E-state index contributed by atoms with van der Waals surface area (Å²) in [6, 6.07) is 7.75. The first kappa shape index (κ1) is 15.6. The molecule has 1 aromatic carbocycles. The van der Waals surface area contributed by atoms with E-state index >= 15 is 0 Å². The van der Waals surface area contributed by atoms with Crippen LogP contribution in [0.4, 0.5) is 0 Å². The van der Waals surface area contributed by atoms with Crippen molar-refractivity contribution in [2.24, 2.45) is 0 Å². The lowest BCUT2D eigenvalue weighted by atomic mass is 10.1. The van der Waals surface area contributed by atoms with E-state index in [9.17, 15) is 9.59 Å². The normalized spacial score (nSPS) is 12.0. The Hall–Kier alpha value is -1.78. The van der Waals surface area contributed by atoms with Gasteiger partial charge in [0.15, 0.2) is 0 Å². The first-order chi connectivity index (χ1) is 9.90. The number of aromatic nitrogens is 1. The molecule has 0 aliphatic carbocycles. The first-order valence-corrected chi connectivity index (χ1v) is 7.06. The summed E-state index contributed by atoms with van der Waals surface area (Å²) in [5.41, 5.74) is 0.811. The number of aromatic amines is 1. The Morgan fingerprint density at radius 2 is 1.95 bits per heavy atom. The highest BCUT2D eigenvalue weighted by Crippen LogP contribution is 2.29. The number of halogens is 2. The van der Waals surface area contributed by atoms with Crippen LogP contribution in [0.1, 0.15) is 28.9 Å². The number of rotatable bonds is 3. The Morgan fingerprint density at radius 3 is 2.57 bits per heavy atom. The highest BCUT2D eigenvalue weighted by molar-refractivity contribution is 6.35. The van der Waals surface area contributed by atoms with E-state index in [0.29, 0.717) is 15.6 Å². The third-order valence-corrected chi connectivity index (χ3v) is 3.90. The van der Waals surface area contributed by atoms with Crippen LogP contribution in [0.15, 0.2) is 41.3 Å². The lowest BCUT2D eigenvalue weighted by Crippen LogP contribution is -2.30. The van der Waals surface area contributed by atoms with Crippen molar-refractivity contribution in [3.8, 4) is 0 Å². The molecule has 4 nitrogen and oxygen atoms in total. The summed E-state index contributed by atoms with van der Waals surface area (Å²) < 4.78 is 0. The Labute approximate surface area is 132 Å². The zero-order valence-corrected chi connectivity index (χ0v) is 13.1. The summed E-state index contributed by atoms with van der Waals surface area (Å²) in [5, 5.41) is 1.04. The molecular formula is C15H14Cl2N2O2. The number of carbonyl (C=O) groups is 1. The third kappa shape index (κ3) is 3.46. The van der Waals surface area contributed by atoms with E-state index in [1.54, 1.807) is 31.3 Å². The topological polar surface area (TPSA) is 53.2 Å². The predicted molar refractivity (Wildman–Crippen MR) is 84.0 cm³/mol. The summed E-state index contributed by atoms with van der Waals surface area (Å²) in [5.74, 6) is -0.250. The van der Waals surface area contributed by atoms with Gasteiger partial charge in [0.1, 0.15) is 0 Å². The van der Waals surface area contributed by atoms with Crippen molar-refractivity contribution in [3.63, 3.8) is 0 Å². The molecule has 0 saturated carbocycles. The van der Waals surface area contributed by atoms with Gasteiger partial charge in [0.25, 0.3) is 5.91 Å². The number of nitrogens with one attached hydrogen (secondary N) is 1. The van der Waals surface area contributed by atoms with Crippen molar-refractivity contribution in [1.82, 2.24) is 9.88 Å². The van der Waals surface area contributed by atoms with Gasteiger partial charge in [0.05, 0.1) is 6.04 Å². The van der Waals surface area contributed by atoms with Crippen LogP contribution >= 0.6 is 23.2 Å². The van der Waals surface area contributed by atoms with Gasteiger partial charge in [-0.25, -0.2) is 0 Å². The number of amides is 1. The first-order valence-electron chi connectivity index (χ1n) is 6.31. The van der Waals surface area contributed by atoms with Crippen LogP contribution in [-0.4, -0.2) is 22.8 Å². The minimum Gasteiger partial charge on any atom is -0.335 e. The standard InChI is InChI=1S/C15H14Cl2N2O2/c1-9(12-4-3-11(16)8-13(12)17)19(2)15(21)10-5-6-18-14(20)7-10/h3-9H,1-2H3,(H,18,20). The van der Waals surface area contributed by atoms with Crippen molar-refractivity contribution < 1.29 is 4.79 Å². The third-order valence-electron chi connectivity index (χ3n) is 3.34. The van der Waals surface area contributed by atoms with Crippen molar-refractivity contribution in [1.29, 1.82) is 0 Å². The van der Waals surface area contributed by atoms with E-state index in [2.05, 4.69) is 4.98 Å². The Morgan fingerprint density at radius 1 is 1.24 bits per heavy atom. The summed E-state index contributed by atoms with van der Waals surface area (Å²) in [6.45, 7) is 1.86. The number of hydrogen-bond acceptors (Lipinski definition) is 2. The molecule has 1 heterocycles. The molecule has 1 aromatic heterocycles. The van der Waals surface area contributed by atoms with Crippen LogP contribution in [0.5, 0.6) is 0 Å². The summed E-state index contributed by atoms with van der Waals surface area (Å²) in [4.78, 5) is 27.7. The molecule has 1 atom stereocenters. The van der Waals surface area contributed by atoms with Gasteiger partial charge in [-0.2, -0.15) is 0 Å². The van der Waals surface area contributed by atoms with E-state index < -0.39 is 0 Å². The fourth-order valence-corrected chi connectivity index (χ4v) is 2.57. The van der Waals surface area contributed by atoms with Crippen LogP contribution in [0.3, 0.4) is 0 Å². The van der Waals surface area contributed by atoms with Gasteiger partial charge in [-0.05, 0) is 30.7 Å². The fourth-order valence-electron chi connectivity index (χ4n) is 2.01. The Kier molecular flexibility index (Phi) is 4.70. The van der Waals surface area contributed by atoms with E-state index in [1.807, 2.05) is 6.92 Å². The monoisotopic (exact) mass is 324 g/mol. The molecule has 1 amide bonds. The second kappa shape index (κ2) is 6.33. The molecule has 0 bridgehead atoms. The van der Waals surface area contributed by atoms with Crippen LogP contribution in [0.2, 0.25) is 10.0 Å². The molecular weight excluding hydrogens is 311 g/mol. The highest BCUT2D eigenvalue weighted by Gasteiger charge is 2.21. The summed E-state index contributed by atoms with van der Waals surface area (Å²) in [7, 11) is 1.67. The molecule has 0 aliphatic heterocycles. The van der Waals surface area contributed by atoms with Gasteiger partial charge < -0.3 is 9.88 Å². The number of pyridine rings is 1. The van der Waals surface area contributed by atoms with Crippen molar-refractivity contribution in [2.45, 2.75) is 13.0 Å². The van der Waals surface area contributed by atoms with Gasteiger partial charge in [0, 0.05) is 34.9 Å². The smallest absolute Gasteiger partial charge is 0.254 e. The second-order valence-corrected chi connectivity index (χ2v) is 5.54. The average molecular weight is 325 g/mol. The molecule has 1 unspecified atom stereocenters. The molecule has 110 valence electrons. The molecule has 1 N–H and O–H groups in total. The minimum absolute atomic E-state index is 0.249. The zero-order valence-electron chi connectivity index (χ0n) is 11.6. The number of nitrogens with zero attached hydrogens (tertiary/aromatic N) is 1. The maximum Gasteiger partial charge on any atom is 0.254 e. The number of carbonyl (C=O) groups excluding carboxylic acids is 1. The van der Waals surface area contributed by atoms with E-state index in [0.717, 1.165) is 5.56 Å². The molecule has 21 heavy (non-hydrogen) atoms. The van der Waals surface area contributed by atoms with Crippen molar-refractivity contribution in [2.75, 3.05) is 7.05 Å². The lowest BCUT2D eigenvalue weighted by Gasteiger charge is -2.26. The molecule has 0 radical (unpaired) electrons. The Bertz CT molecular complexity index is 728. The molecule has 0 fully saturated rings. The van der Waals surface area contributed by atoms with Crippen LogP contribution < -0.4 is 5.56 Å². The minimum atomic E-state index is -0.313. The number of hydrogen-bond donors (Lipinski definition) is 1. The number of benzene rings is 1. The van der Waals surface area contributed by atoms with Gasteiger partial charge in [-0.1, -0.05) is 29.3 Å². The predicted octanol–water partition coefficient (Wildman–Crippen LogP) is 3.51. The highest BCUT2D eigenvalue weighted by atomic mass is 35.5. The van der Waals surface area contributed by atoms with Crippen molar-refractivity contribution >= 4 is 29.1 Å². The van der Waals surface area contributed by atoms with Gasteiger partial charge in [-0.15, -0.1) is 0 Å². The fraction of sp³-hybridized carbons (Fsp3) is 0.200. The largest absolute Gasteiger partial charge is 0.335 e. The Balaban J connectivity index is 2.28. The molecule has 0 aliphatic rings. The van der Waals surface area contributed by atoms with Gasteiger partial charge in [0.2, 0.25) is 5.56 Å². The van der Waals surface area contributed by atoms with Gasteiger partial charge in [-0.3, -0.25) is 9.59 Å². The second-order valence-electron chi connectivity index (χ2n) is 4.70. The lowest BCUT2D eigenvalue weighted by molar-refractivity contribution is 0.0742. The SMILES string of the molecule is CC(c1ccc(Cl)cc1Cl)N(C)C(=O)c1cc[nH]c(=O)c1. The molecule has 2 aromatic rings. The molecule has 0 spiro atoms. The molecule has 2 rings (SSSR count). The zero-order chi connectivity index (χ0) is 15.6. The maximum atomic E-state index is 12.4. The van der Waals surface area contributed by atoms with E-state index in [1.165, 1.54) is 17.2 Å². The van der Waals surface area contributed by atoms with Crippen molar-refractivity contribution in [3.05, 3.63) is 68.1 Å². The van der Waals surface area contributed by atoms with Crippen LogP contribution in [0, 0.1) is 0 Å². The quantitative estimate of drug-likeness (QED) is 0.939. The van der Waals surface area contributed by atoms with E-state index in [4.69, 9.17) is 23.2 Å². The van der Waals surface area contributed by atoms with E-state index in [-0.39, 0.29) is 17.5 Å². The van der Waals surface area contributed by atoms with Crippen LogP contribution in [-0.2, 0) is 0 Å². The summed E-state index contributed by atoms with van der Waals surface area (Å²) >= 11 is 12.0. The number of H-pyrrole nitrogens is 1. The average Bonchev–Trinajstić information content (AvgIpc) is 2.45.